The second-order valence-corrected chi connectivity index (χ2v) is 5.61. The summed E-state index contributed by atoms with van der Waals surface area (Å²) in [6.07, 6.45) is 5.38. The van der Waals surface area contributed by atoms with Gasteiger partial charge >= 0.3 is 0 Å². The fraction of sp³-hybridized carbons (Fsp3) is 0.176. The minimum atomic E-state index is -0.114. The minimum Gasteiger partial charge on any atom is -0.346 e. The van der Waals surface area contributed by atoms with Crippen molar-refractivity contribution >= 4 is 22.6 Å². The number of aromatic nitrogens is 2. The Bertz CT molecular complexity index is 868. The van der Waals surface area contributed by atoms with Gasteiger partial charge in [0, 0.05) is 29.4 Å². The van der Waals surface area contributed by atoms with E-state index in [2.05, 4.69) is 15.3 Å². The number of H-pyrrole nitrogens is 1. The summed E-state index contributed by atoms with van der Waals surface area (Å²) in [6, 6.07) is 9.57. The molecule has 1 amide bonds. The highest BCUT2D eigenvalue weighted by Gasteiger charge is 2.20. The minimum absolute atomic E-state index is 0.104. The summed E-state index contributed by atoms with van der Waals surface area (Å²) in [5.74, 6) is -0.114. The second-order valence-electron chi connectivity index (χ2n) is 5.61. The van der Waals surface area contributed by atoms with Gasteiger partial charge in [0.15, 0.2) is 0 Å². The third kappa shape index (κ3) is 2.07. The summed E-state index contributed by atoms with van der Waals surface area (Å²) >= 11 is 0. The van der Waals surface area contributed by atoms with Crippen molar-refractivity contribution in [2.24, 2.45) is 5.73 Å². The standard InChI is InChI=1S/C17H16N4O/c18-14-4-2-10-9-11(1-3-12(10)14)17(22)21-15-6-8-20-16-13(15)5-7-19-16/h1,3,5-9,14H,2,4,18H2,(H2,19,20,21,22)/t14-/m0/s1. The van der Waals surface area contributed by atoms with Gasteiger partial charge in [-0.2, -0.15) is 0 Å². The van der Waals surface area contributed by atoms with Gasteiger partial charge < -0.3 is 16.0 Å². The molecule has 0 bridgehead atoms. The van der Waals surface area contributed by atoms with Crippen molar-refractivity contribution in [1.29, 1.82) is 0 Å². The van der Waals surface area contributed by atoms with Crippen molar-refractivity contribution < 1.29 is 4.79 Å². The lowest BCUT2D eigenvalue weighted by atomic mass is 10.0. The van der Waals surface area contributed by atoms with Gasteiger partial charge in [0.1, 0.15) is 5.65 Å². The topological polar surface area (TPSA) is 83.8 Å². The third-order valence-corrected chi connectivity index (χ3v) is 4.24. The fourth-order valence-electron chi connectivity index (χ4n) is 3.06. The van der Waals surface area contributed by atoms with E-state index in [1.165, 1.54) is 5.56 Å². The van der Waals surface area contributed by atoms with Gasteiger partial charge in [0.25, 0.3) is 5.91 Å². The molecule has 1 aromatic carbocycles. The van der Waals surface area contributed by atoms with E-state index >= 15 is 0 Å². The molecule has 0 radical (unpaired) electrons. The highest BCUT2D eigenvalue weighted by molar-refractivity contribution is 6.08. The van der Waals surface area contributed by atoms with E-state index in [9.17, 15) is 4.79 Å². The van der Waals surface area contributed by atoms with Crippen LogP contribution in [0.25, 0.3) is 11.0 Å². The van der Waals surface area contributed by atoms with Crippen molar-refractivity contribution in [1.82, 2.24) is 9.97 Å². The lowest BCUT2D eigenvalue weighted by molar-refractivity contribution is 0.102. The Labute approximate surface area is 127 Å². The predicted octanol–water partition coefficient (Wildman–Crippen LogP) is 2.76. The molecule has 1 aliphatic carbocycles. The predicted molar refractivity (Wildman–Crippen MR) is 85.7 cm³/mol. The smallest absolute Gasteiger partial charge is 0.255 e. The molecule has 3 aromatic rings. The van der Waals surface area contributed by atoms with Crippen LogP contribution in [-0.4, -0.2) is 15.9 Å². The number of aryl methyl sites for hydroxylation is 1. The van der Waals surface area contributed by atoms with Crippen LogP contribution in [0.1, 0.15) is 33.9 Å². The molecule has 5 nitrogen and oxygen atoms in total. The molecule has 0 spiro atoms. The molecule has 0 unspecified atom stereocenters. The van der Waals surface area contributed by atoms with Crippen LogP contribution in [0.2, 0.25) is 0 Å². The van der Waals surface area contributed by atoms with Gasteiger partial charge in [-0.1, -0.05) is 6.07 Å². The zero-order valence-electron chi connectivity index (χ0n) is 12.0. The first kappa shape index (κ1) is 13.0. The maximum Gasteiger partial charge on any atom is 0.255 e. The van der Waals surface area contributed by atoms with E-state index in [1.807, 2.05) is 30.5 Å². The molecule has 4 rings (SSSR count). The Balaban J connectivity index is 1.64. The number of hydrogen-bond acceptors (Lipinski definition) is 3. The van der Waals surface area contributed by atoms with E-state index in [-0.39, 0.29) is 11.9 Å². The number of hydrogen-bond donors (Lipinski definition) is 3. The van der Waals surface area contributed by atoms with Gasteiger partial charge in [-0.05, 0) is 48.2 Å². The highest BCUT2D eigenvalue weighted by atomic mass is 16.1. The molecular formula is C17H16N4O. The zero-order chi connectivity index (χ0) is 15.1. The quantitative estimate of drug-likeness (QED) is 0.679. The average Bonchev–Trinajstić information content (AvgIpc) is 3.14. The van der Waals surface area contributed by atoms with E-state index in [1.54, 1.807) is 12.3 Å². The van der Waals surface area contributed by atoms with Crippen LogP contribution in [0.5, 0.6) is 0 Å². The number of anilines is 1. The largest absolute Gasteiger partial charge is 0.346 e. The monoisotopic (exact) mass is 292 g/mol. The number of nitrogens with two attached hydrogens (primary N) is 1. The number of pyridine rings is 1. The molecule has 0 fully saturated rings. The van der Waals surface area contributed by atoms with Crippen molar-refractivity contribution in [3.8, 4) is 0 Å². The molecule has 0 saturated carbocycles. The van der Waals surface area contributed by atoms with E-state index in [0.29, 0.717) is 5.56 Å². The summed E-state index contributed by atoms with van der Waals surface area (Å²) < 4.78 is 0. The molecule has 0 saturated heterocycles. The summed E-state index contributed by atoms with van der Waals surface area (Å²) in [5.41, 5.74) is 10.6. The Morgan fingerprint density at radius 1 is 1.32 bits per heavy atom. The van der Waals surface area contributed by atoms with E-state index < -0.39 is 0 Å². The Morgan fingerprint density at radius 2 is 2.23 bits per heavy atom. The molecule has 0 aliphatic heterocycles. The lowest BCUT2D eigenvalue weighted by Gasteiger charge is -2.09. The summed E-state index contributed by atoms with van der Waals surface area (Å²) in [7, 11) is 0. The Morgan fingerprint density at radius 3 is 3.14 bits per heavy atom. The number of rotatable bonds is 2. The van der Waals surface area contributed by atoms with Crippen molar-refractivity contribution in [2.45, 2.75) is 18.9 Å². The second kappa shape index (κ2) is 4.96. The first-order chi connectivity index (χ1) is 10.7. The molecule has 2 heterocycles. The number of aromatic amines is 1. The molecule has 110 valence electrons. The Hall–Kier alpha value is -2.66. The molecule has 4 N–H and O–H groups in total. The van der Waals surface area contributed by atoms with Crippen LogP contribution in [0.4, 0.5) is 5.69 Å². The maximum absolute atomic E-state index is 12.5. The summed E-state index contributed by atoms with van der Waals surface area (Å²) in [4.78, 5) is 19.7. The Kier molecular flexibility index (Phi) is 2.94. The fourth-order valence-corrected chi connectivity index (χ4v) is 3.06. The first-order valence-corrected chi connectivity index (χ1v) is 7.34. The van der Waals surface area contributed by atoms with Crippen LogP contribution < -0.4 is 11.1 Å². The third-order valence-electron chi connectivity index (χ3n) is 4.24. The van der Waals surface area contributed by atoms with Crippen LogP contribution >= 0.6 is 0 Å². The molecule has 2 aromatic heterocycles. The number of carbonyl (C=O) groups excluding carboxylic acids is 1. The molecule has 1 aliphatic rings. The van der Waals surface area contributed by atoms with E-state index in [4.69, 9.17) is 5.73 Å². The number of nitrogens with one attached hydrogen (secondary N) is 2. The summed E-state index contributed by atoms with van der Waals surface area (Å²) in [5, 5.41) is 3.86. The number of benzene rings is 1. The van der Waals surface area contributed by atoms with Gasteiger partial charge in [0.05, 0.1) is 5.69 Å². The first-order valence-electron chi connectivity index (χ1n) is 7.34. The van der Waals surface area contributed by atoms with E-state index in [0.717, 1.165) is 35.1 Å². The number of carbonyl (C=O) groups is 1. The summed E-state index contributed by atoms with van der Waals surface area (Å²) in [6.45, 7) is 0. The van der Waals surface area contributed by atoms with Gasteiger partial charge in [-0.25, -0.2) is 4.98 Å². The van der Waals surface area contributed by atoms with Crippen LogP contribution in [-0.2, 0) is 6.42 Å². The molecule has 5 heteroatoms. The van der Waals surface area contributed by atoms with Gasteiger partial charge in [0.2, 0.25) is 0 Å². The van der Waals surface area contributed by atoms with Crippen molar-refractivity contribution in [3.05, 3.63) is 59.4 Å². The highest BCUT2D eigenvalue weighted by Crippen LogP contribution is 2.30. The van der Waals surface area contributed by atoms with Gasteiger partial charge in [-0.15, -0.1) is 0 Å². The SMILES string of the molecule is N[C@H]1CCc2cc(C(=O)Nc3ccnc4[nH]ccc34)ccc21. The van der Waals surface area contributed by atoms with Crippen LogP contribution in [0.3, 0.4) is 0 Å². The number of amides is 1. The number of fused-ring (bicyclic) bond motifs is 2. The van der Waals surface area contributed by atoms with Crippen LogP contribution in [0.15, 0.2) is 42.7 Å². The normalized spacial score (nSPS) is 16.7. The number of nitrogens with zero attached hydrogens (tertiary/aromatic N) is 1. The van der Waals surface area contributed by atoms with Crippen LogP contribution in [0, 0.1) is 0 Å². The zero-order valence-corrected chi connectivity index (χ0v) is 12.0. The molecule has 1 atom stereocenters. The lowest BCUT2D eigenvalue weighted by Crippen LogP contribution is -2.13. The molecular weight excluding hydrogens is 276 g/mol. The van der Waals surface area contributed by atoms with Gasteiger partial charge in [-0.3, -0.25) is 4.79 Å². The van der Waals surface area contributed by atoms with Crippen molar-refractivity contribution in [3.63, 3.8) is 0 Å². The molecule has 22 heavy (non-hydrogen) atoms. The van der Waals surface area contributed by atoms with Crippen molar-refractivity contribution in [2.75, 3.05) is 5.32 Å². The average molecular weight is 292 g/mol. The maximum atomic E-state index is 12.5.